The van der Waals surface area contributed by atoms with Gasteiger partial charge in [-0.15, -0.1) is 0 Å². The molecule has 2 amide bonds. The summed E-state index contributed by atoms with van der Waals surface area (Å²) in [7, 11) is -3.72. The van der Waals surface area contributed by atoms with Crippen molar-refractivity contribution in [2.75, 3.05) is 52.5 Å². The van der Waals surface area contributed by atoms with E-state index >= 15 is 0 Å². The maximum absolute atomic E-state index is 13.2. The molecular weight excluding hydrogens is 434 g/mol. The Balaban J connectivity index is 1.74. The minimum atomic E-state index is -3.72. The average Bonchev–Trinajstić information content (AvgIpc) is 2.77. The molecule has 0 aliphatic carbocycles. The molecule has 2 fully saturated rings. The fourth-order valence-electron chi connectivity index (χ4n) is 3.75. The molecule has 9 nitrogen and oxygen atoms in total. The maximum Gasteiger partial charge on any atom is 0.410 e. The van der Waals surface area contributed by atoms with Gasteiger partial charge in [-0.05, 0) is 44.9 Å². The van der Waals surface area contributed by atoms with Crippen LogP contribution in [0.3, 0.4) is 0 Å². The van der Waals surface area contributed by atoms with Crippen LogP contribution < -0.4 is 0 Å². The number of rotatable bonds is 4. The van der Waals surface area contributed by atoms with E-state index in [9.17, 15) is 18.0 Å². The minimum Gasteiger partial charge on any atom is -0.444 e. The van der Waals surface area contributed by atoms with E-state index in [1.807, 2.05) is 27.7 Å². The summed E-state index contributed by atoms with van der Waals surface area (Å²) in [5, 5.41) is 0. The van der Waals surface area contributed by atoms with Crippen molar-refractivity contribution in [3.8, 4) is 0 Å². The SMILES string of the molecule is CCc1ccc(C(=O)N2CCN(C(=O)OC(C)(C)C)CC2)cc1S(=O)(=O)N1CCOCC1. The standard InChI is InChI=1S/C22H33N3O6S/c1-5-17-6-7-18(16-19(17)32(28,29)25-12-14-30-15-13-25)20(26)23-8-10-24(11-9-23)21(27)31-22(2,3)4/h6-7,16H,5,8-15H2,1-4H3. The molecule has 3 rings (SSSR count). The fraction of sp³-hybridized carbons (Fsp3) is 0.636. The second-order valence-corrected chi connectivity index (χ2v) is 10.9. The Labute approximate surface area is 190 Å². The van der Waals surface area contributed by atoms with Crippen LogP contribution in [0.25, 0.3) is 0 Å². The third-order valence-corrected chi connectivity index (χ3v) is 7.48. The first-order valence-electron chi connectivity index (χ1n) is 11.0. The Morgan fingerprint density at radius 1 is 1.00 bits per heavy atom. The van der Waals surface area contributed by atoms with Crippen molar-refractivity contribution in [3.05, 3.63) is 29.3 Å². The van der Waals surface area contributed by atoms with Crippen molar-refractivity contribution in [1.82, 2.24) is 14.1 Å². The van der Waals surface area contributed by atoms with E-state index in [4.69, 9.17) is 9.47 Å². The fourth-order valence-corrected chi connectivity index (χ4v) is 5.47. The molecule has 32 heavy (non-hydrogen) atoms. The van der Waals surface area contributed by atoms with Crippen molar-refractivity contribution < 1.29 is 27.5 Å². The van der Waals surface area contributed by atoms with E-state index in [0.29, 0.717) is 70.0 Å². The summed E-state index contributed by atoms with van der Waals surface area (Å²) in [6.45, 7) is 10.1. The predicted octanol–water partition coefficient (Wildman–Crippen LogP) is 1.96. The Morgan fingerprint density at radius 2 is 1.59 bits per heavy atom. The lowest BCUT2D eigenvalue weighted by molar-refractivity contribution is 0.0141. The molecule has 10 heteroatoms. The summed E-state index contributed by atoms with van der Waals surface area (Å²) >= 11 is 0. The van der Waals surface area contributed by atoms with Gasteiger partial charge in [0.1, 0.15) is 5.60 Å². The Hall–Kier alpha value is -2.17. The van der Waals surface area contributed by atoms with Crippen LogP contribution in [0.4, 0.5) is 4.79 Å². The van der Waals surface area contributed by atoms with E-state index in [2.05, 4.69) is 0 Å². The van der Waals surface area contributed by atoms with Crippen molar-refractivity contribution in [1.29, 1.82) is 0 Å². The molecular formula is C22H33N3O6S. The lowest BCUT2D eigenvalue weighted by atomic mass is 10.1. The van der Waals surface area contributed by atoms with E-state index in [1.54, 1.807) is 21.9 Å². The second-order valence-electron chi connectivity index (χ2n) is 8.95. The summed E-state index contributed by atoms with van der Waals surface area (Å²) in [6.07, 6.45) is 0.151. The van der Waals surface area contributed by atoms with Crippen LogP contribution in [0.5, 0.6) is 0 Å². The number of carbonyl (C=O) groups is 2. The first-order valence-corrected chi connectivity index (χ1v) is 12.4. The zero-order valence-corrected chi connectivity index (χ0v) is 20.1. The molecule has 2 saturated heterocycles. The summed E-state index contributed by atoms with van der Waals surface area (Å²) in [4.78, 5) is 28.8. The number of piperazine rings is 1. The van der Waals surface area contributed by atoms with Crippen molar-refractivity contribution in [3.63, 3.8) is 0 Å². The third kappa shape index (κ3) is 5.60. The minimum absolute atomic E-state index is 0.181. The number of sulfonamides is 1. The number of amides is 2. The number of morpholine rings is 1. The van der Waals surface area contributed by atoms with Gasteiger partial charge in [-0.3, -0.25) is 4.79 Å². The van der Waals surface area contributed by atoms with Crippen molar-refractivity contribution in [2.24, 2.45) is 0 Å². The van der Waals surface area contributed by atoms with E-state index in [-0.39, 0.29) is 10.8 Å². The maximum atomic E-state index is 13.2. The monoisotopic (exact) mass is 467 g/mol. The van der Waals surface area contributed by atoms with E-state index < -0.39 is 21.7 Å². The molecule has 2 aliphatic heterocycles. The zero-order valence-electron chi connectivity index (χ0n) is 19.3. The van der Waals surface area contributed by atoms with Crippen molar-refractivity contribution >= 4 is 22.0 Å². The van der Waals surface area contributed by atoms with Gasteiger partial charge in [-0.1, -0.05) is 13.0 Å². The van der Waals surface area contributed by atoms with Gasteiger partial charge in [0.05, 0.1) is 18.1 Å². The molecule has 0 atom stereocenters. The third-order valence-electron chi connectivity index (χ3n) is 5.50. The number of aryl methyl sites for hydroxylation is 1. The second kappa shape index (κ2) is 9.76. The lowest BCUT2D eigenvalue weighted by Crippen LogP contribution is -2.51. The molecule has 1 aromatic rings. The molecule has 0 N–H and O–H groups in total. The lowest BCUT2D eigenvalue weighted by Gasteiger charge is -2.35. The van der Waals surface area contributed by atoms with Gasteiger partial charge in [-0.25, -0.2) is 13.2 Å². The average molecular weight is 468 g/mol. The van der Waals surface area contributed by atoms with Gasteiger partial charge in [0, 0.05) is 44.8 Å². The topological polar surface area (TPSA) is 96.5 Å². The smallest absolute Gasteiger partial charge is 0.410 e. The molecule has 2 aliphatic rings. The number of carbonyl (C=O) groups excluding carboxylic acids is 2. The highest BCUT2D eigenvalue weighted by Gasteiger charge is 2.31. The highest BCUT2D eigenvalue weighted by molar-refractivity contribution is 7.89. The van der Waals surface area contributed by atoms with Crippen LogP contribution in [-0.2, 0) is 25.9 Å². The number of benzene rings is 1. The largest absolute Gasteiger partial charge is 0.444 e. The Kier molecular flexibility index (Phi) is 7.46. The number of hydrogen-bond acceptors (Lipinski definition) is 6. The molecule has 0 saturated carbocycles. The summed E-state index contributed by atoms with van der Waals surface area (Å²) < 4.78 is 38.6. The molecule has 178 valence electrons. The summed E-state index contributed by atoms with van der Waals surface area (Å²) in [5.74, 6) is -0.241. The highest BCUT2D eigenvalue weighted by Crippen LogP contribution is 2.24. The normalized spacial score (nSPS) is 18.5. The number of nitrogens with zero attached hydrogens (tertiary/aromatic N) is 3. The summed E-state index contributed by atoms with van der Waals surface area (Å²) in [6, 6.07) is 4.89. The van der Waals surface area contributed by atoms with Crippen LogP contribution in [0.1, 0.15) is 43.6 Å². The summed E-state index contributed by atoms with van der Waals surface area (Å²) in [5.41, 5.74) is 0.440. The molecule has 0 bridgehead atoms. The van der Waals surface area contributed by atoms with Crippen LogP contribution in [-0.4, -0.2) is 92.6 Å². The number of ether oxygens (including phenoxy) is 2. The van der Waals surface area contributed by atoms with Gasteiger partial charge in [-0.2, -0.15) is 4.31 Å². The zero-order chi connectivity index (χ0) is 23.5. The van der Waals surface area contributed by atoms with Crippen molar-refractivity contribution in [2.45, 2.75) is 44.6 Å². The molecule has 1 aromatic carbocycles. The van der Waals surface area contributed by atoms with Crippen LogP contribution in [0.2, 0.25) is 0 Å². The molecule has 0 aromatic heterocycles. The molecule has 0 unspecified atom stereocenters. The first kappa shape index (κ1) is 24.5. The number of hydrogen-bond donors (Lipinski definition) is 0. The molecule has 0 radical (unpaired) electrons. The van der Waals surface area contributed by atoms with E-state index in [0.717, 1.165) is 0 Å². The first-order chi connectivity index (χ1) is 15.0. The Bertz CT molecular complexity index is 943. The van der Waals surface area contributed by atoms with Gasteiger partial charge in [0.15, 0.2) is 0 Å². The van der Waals surface area contributed by atoms with Crippen LogP contribution in [0.15, 0.2) is 23.1 Å². The highest BCUT2D eigenvalue weighted by atomic mass is 32.2. The van der Waals surface area contributed by atoms with Gasteiger partial charge >= 0.3 is 6.09 Å². The van der Waals surface area contributed by atoms with Crippen LogP contribution >= 0.6 is 0 Å². The Morgan fingerprint density at radius 3 is 2.16 bits per heavy atom. The molecule has 2 heterocycles. The van der Waals surface area contributed by atoms with Gasteiger partial charge in [0.25, 0.3) is 5.91 Å². The van der Waals surface area contributed by atoms with Crippen LogP contribution in [0, 0.1) is 0 Å². The van der Waals surface area contributed by atoms with Gasteiger partial charge in [0.2, 0.25) is 10.0 Å². The predicted molar refractivity (Wildman–Crippen MR) is 119 cm³/mol. The quantitative estimate of drug-likeness (QED) is 0.672. The molecule has 0 spiro atoms. The van der Waals surface area contributed by atoms with E-state index in [1.165, 1.54) is 10.4 Å². The van der Waals surface area contributed by atoms with Gasteiger partial charge < -0.3 is 19.3 Å².